The van der Waals surface area contributed by atoms with Crippen LogP contribution >= 0.6 is 0 Å². The van der Waals surface area contributed by atoms with Crippen LogP contribution in [-0.4, -0.2) is 56.1 Å². The Balaban J connectivity index is 1.66. The Morgan fingerprint density at radius 2 is 2.14 bits per heavy atom. The van der Waals surface area contributed by atoms with E-state index in [1.54, 1.807) is 0 Å². The van der Waals surface area contributed by atoms with E-state index in [0.717, 1.165) is 31.8 Å². The molecule has 0 bridgehead atoms. The van der Waals surface area contributed by atoms with Crippen LogP contribution in [0.3, 0.4) is 0 Å². The molecule has 0 aromatic heterocycles. The molecule has 4 nitrogen and oxygen atoms in total. The Labute approximate surface area is 132 Å². The van der Waals surface area contributed by atoms with Crippen LogP contribution < -0.4 is 4.74 Å². The van der Waals surface area contributed by atoms with Crippen molar-refractivity contribution in [3.8, 4) is 5.75 Å². The van der Waals surface area contributed by atoms with Gasteiger partial charge in [-0.3, -0.25) is 4.90 Å². The van der Waals surface area contributed by atoms with Gasteiger partial charge in [-0.1, -0.05) is 24.3 Å². The molecule has 0 radical (unpaired) electrons. The zero-order valence-corrected chi connectivity index (χ0v) is 13.3. The summed E-state index contributed by atoms with van der Waals surface area (Å²) >= 11 is 0. The predicted molar refractivity (Wildman–Crippen MR) is 87.0 cm³/mol. The molecule has 2 heterocycles. The molecule has 1 fully saturated rings. The lowest BCUT2D eigenvalue weighted by molar-refractivity contribution is -0.147. The predicted octanol–water partition coefficient (Wildman–Crippen LogP) is 2.18. The summed E-state index contributed by atoms with van der Waals surface area (Å²) in [5.41, 5.74) is 2.55. The summed E-state index contributed by atoms with van der Waals surface area (Å²) < 4.78 is 11.0. The summed E-state index contributed by atoms with van der Waals surface area (Å²) in [5, 5.41) is 9.55. The van der Waals surface area contributed by atoms with Crippen LogP contribution in [0.15, 0.2) is 30.3 Å². The molecule has 0 atom stereocenters. The van der Waals surface area contributed by atoms with Crippen molar-refractivity contribution in [1.29, 1.82) is 0 Å². The molecule has 1 aromatic rings. The third kappa shape index (κ3) is 3.19. The Bertz CT molecular complexity index is 531. The van der Waals surface area contributed by atoms with Crippen LogP contribution in [0.2, 0.25) is 0 Å². The minimum Gasteiger partial charge on any atom is -0.493 e. The van der Waals surface area contributed by atoms with Crippen LogP contribution in [0.1, 0.15) is 18.9 Å². The maximum atomic E-state index is 9.55. The van der Waals surface area contributed by atoms with Crippen LogP contribution in [0.4, 0.5) is 0 Å². The third-order valence-electron chi connectivity index (χ3n) is 4.54. The van der Waals surface area contributed by atoms with Crippen LogP contribution in [0.5, 0.6) is 5.75 Å². The second kappa shape index (κ2) is 6.82. The van der Waals surface area contributed by atoms with Crippen LogP contribution in [0.25, 0.3) is 5.57 Å². The van der Waals surface area contributed by atoms with Gasteiger partial charge in [0.2, 0.25) is 0 Å². The summed E-state index contributed by atoms with van der Waals surface area (Å²) in [6, 6.07) is 8.27. The number of nitrogens with zero attached hydrogens (tertiary/aromatic N) is 1. The lowest BCUT2D eigenvalue weighted by Gasteiger charge is -2.43. The molecule has 0 amide bonds. The second-order valence-corrected chi connectivity index (χ2v) is 6.29. The topological polar surface area (TPSA) is 41.9 Å². The number of hydrogen-bond donors (Lipinski definition) is 1. The Morgan fingerprint density at radius 3 is 2.73 bits per heavy atom. The van der Waals surface area contributed by atoms with Gasteiger partial charge in [-0.25, -0.2) is 0 Å². The molecule has 1 saturated heterocycles. The van der Waals surface area contributed by atoms with Gasteiger partial charge in [0.15, 0.2) is 0 Å². The van der Waals surface area contributed by atoms with Crippen molar-refractivity contribution >= 4 is 5.57 Å². The molecule has 0 saturated carbocycles. The largest absolute Gasteiger partial charge is 0.493 e. The first-order chi connectivity index (χ1) is 10.8. The number of hydrogen-bond acceptors (Lipinski definition) is 4. The number of aliphatic hydroxyl groups excluding tert-OH is 1. The van der Waals surface area contributed by atoms with Gasteiger partial charge in [-0.2, -0.15) is 0 Å². The monoisotopic (exact) mass is 303 g/mol. The van der Waals surface area contributed by atoms with Crippen molar-refractivity contribution < 1.29 is 14.6 Å². The number of rotatable bonds is 6. The van der Waals surface area contributed by atoms with Gasteiger partial charge >= 0.3 is 0 Å². The van der Waals surface area contributed by atoms with Gasteiger partial charge in [0.05, 0.1) is 31.8 Å². The summed E-state index contributed by atoms with van der Waals surface area (Å²) in [6.45, 7) is 7.16. The normalized spacial score (nSPS) is 21.1. The molecule has 4 heteroatoms. The highest BCUT2D eigenvalue weighted by atomic mass is 16.5. The van der Waals surface area contributed by atoms with E-state index in [9.17, 15) is 5.11 Å². The minimum absolute atomic E-state index is 0.0332. The van der Waals surface area contributed by atoms with Gasteiger partial charge in [-0.15, -0.1) is 0 Å². The Kier molecular flexibility index (Phi) is 4.81. The average Bonchev–Trinajstić information content (AvgIpc) is 2.53. The molecule has 3 rings (SSSR count). The number of aliphatic hydroxyl groups is 1. The van der Waals surface area contributed by atoms with Gasteiger partial charge in [0.25, 0.3) is 0 Å². The summed E-state index contributed by atoms with van der Waals surface area (Å²) in [4.78, 5) is 2.41. The van der Waals surface area contributed by atoms with Crippen LogP contribution in [0, 0.1) is 5.41 Å². The number of ether oxygens (including phenoxy) is 2. The van der Waals surface area contributed by atoms with Gasteiger partial charge in [0.1, 0.15) is 5.75 Å². The lowest BCUT2D eigenvalue weighted by Crippen LogP contribution is -2.53. The van der Waals surface area contributed by atoms with Crippen molar-refractivity contribution in [3.05, 3.63) is 35.9 Å². The standard InChI is InChI=1S/C18H25NO3/c1-2-22-17-6-4-3-5-16(17)15-7-9-19(10-8-15)11-18(12-20)13-21-14-18/h3-7,20H,2,8-14H2,1H3. The lowest BCUT2D eigenvalue weighted by atomic mass is 9.85. The van der Waals surface area contributed by atoms with Crippen molar-refractivity contribution in [1.82, 2.24) is 4.90 Å². The Morgan fingerprint density at radius 1 is 1.32 bits per heavy atom. The molecular formula is C18H25NO3. The molecule has 0 aliphatic carbocycles. The molecule has 1 aromatic carbocycles. The SMILES string of the molecule is CCOc1ccccc1C1=CCN(CC2(CO)COC2)CC1. The summed E-state index contributed by atoms with van der Waals surface area (Å²) in [7, 11) is 0. The van der Waals surface area contributed by atoms with E-state index in [1.165, 1.54) is 11.1 Å². The number of benzene rings is 1. The summed E-state index contributed by atoms with van der Waals surface area (Å²) in [6.07, 6.45) is 3.32. The average molecular weight is 303 g/mol. The summed E-state index contributed by atoms with van der Waals surface area (Å²) in [5.74, 6) is 0.976. The van der Waals surface area contributed by atoms with Gasteiger partial charge in [-0.05, 0) is 25.0 Å². The molecule has 2 aliphatic heterocycles. The van der Waals surface area contributed by atoms with E-state index < -0.39 is 0 Å². The highest BCUT2D eigenvalue weighted by Gasteiger charge is 2.39. The molecule has 0 unspecified atom stereocenters. The van der Waals surface area contributed by atoms with E-state index in [-0.39, 0.29) is 12.0 Å². The first-order valence-electron chi connectivity index (χ1n) is 8.08. The van der Waals surface area contributed by atoms with E-state index in [4.69, 9.17) is 9.47 Å². The smallest absolute Gasteiger partial charge is 0.126 e. The zero-order chi connectivity index (χ0) is 15.4. The minimum atomic E-state index is -0.0332. The van der Waals surface area contributed by atoms with Crippen molar-refractivity contribution in [3.63, 3.8) is 0 Å². The van der Waals surface area contributed by atoms with E-state index in [0.29, 0.717) is 19.8 Å². The molecular weight excluding hydrogens is 278 g/mol. The van der Waals surface area contributed by atoms with Crippen molar-refractivity contribution in [2.75, 3.05) is 46.1 Å². The first-order valence-corrected chi connectivity index (χ1v) is 8.08. The van der Waals surface area contributed by atoms with Gasteiger partial charge < -0.3 is 14.6 Å². The highest BCUT2D eigenvalue weighted by Crippen LogP contribution is 2.33. The quantitative estimate of drug-likeness (QED) is 0.875. The van der Waals surface area contributed by atoms with E-state index >= 15 is 0 Å². The number of para-hydroxylation sites is 1. The van der Waals surface area contributed by atoms with Crippen LogP contribution in [-0.2, 0) is 4.74 Å². The molecule has 22 heavy (non-hydrogen) atoms. The maximum Gasteiger partial charge on any atom is 0.126 e. The van der Waals surface area contributed by atoms with Gasteiger partial charge in [0, 0.05) is 25.2 Å². The van der Waals surface area contributed by atoms with Crippen molar-refractivity contribution in [2.24, 2.45) is 5.41 Å². The highest BCUT2D eigenvalue weighted by molar-refractivity contribution is 5.71. The third-order valence-corrected chi connectivity index (χ3v) is 4.54. The maximum absolute atomic E-state index is 9.55. The fourth-order valence-corrected chi connectivity index (χ4v) is 3.21. The Hall–Kier alpha value is -1.36. The fraction of sp³-hybridized carbons (Fsp3) is 0.556. The van der Waals surface area contributed by atoms with Crippen molar-refractivity contribution in [2.45, 2.75) is 13.3 Å². The van der Waals surface area contributed by atoms with E-state index in [1.807, 2.05) is 19.1 Å². The second-order valence-electron chi connectivity index (χ2n) is 6.29. The zero-order valence-electron chi connectivity index (χ0n) is 13.3. The molecule has 1 N–H and O–H groups in total. The molecule has 0 spiro atoms. The van der Waals surface area contributed by atoms with E-state index in [2.05, 4.69) is 23.1 Å². The molecule has 120 valence electrons. The first kappa shape index (κ1) is 15.5. The fourth-order valence-electron chi connectivity index (χ4n) is 3.21. The molecule has 2 aliphatic rings.